The van der Waals surface area contributed by atoms with Crippen molar-refractivity contribution in [1.29, 1.82) is 0 Å². The van der Waals surface area contributed by atoms with E-state index in [1.165, 1.54) is 7.11 Å². The third kappa shape index (κ3) is 6.62. The summed E-state index contributed by atoms with van der Waals surface area (Å²) in [5, 5.41) is 16.2. The molecule has 4 N–H and O–H groups in total. The number of nitrogens with zero attached hydrogens (tertiary/aromatic N) is 2. The molecule has 12 nitrogen and oxygen atoms in total. The number of fused-ring (bicyclic) bond motifs is 2. The number of esters is 1. The predicted octanol–water partition coefficient (Wildman–Crippen LogP) is 2.49. The molecule has 13 heteroatoms. The lowest BCUT2D eigenvalue weighted by molar-refractivity contribution is -0.150. The number of piperidine rings is 1. The molecule has 0 aliphatic carbocycles. The van der Waals surface area contributed by atoms with Crippen molar-refractivity contribution in [3.63, 3.8) is 0 Å². The summed E-state index contributed by atoms with van der Waals surface area (Å²) in [5.41, 5.74) is -0.0617. The average molecular weight is 659 g/mol. The Morgan fingerprint density at radius 3 is 2.65 bits per heavy atom. The van der Waals surface area contributed by atoms with Gasteiger partial charge in [-0.2, -0.15) is 0 Å². The third-order valence-corrected chi connectivity index (χ3v) is 12.9. The lowest BCUT2D eigenvalue weighted by Gasteiger charge is -2.33. The van der Waals surface area contributed by atoms with Crippen LogP contribution in [0.2, 0.25) is 18.6 Å². The zero-order valence-corrected chi connectivity index (χ0v) is 28.5. The zero-order valence-electron chi connectivity index (χ0n) is 27.5. The van der Waals surface area contributed by atoms with Gasteiger partial charge in [0.15, 0.2) is 13.9 Å². The number of likely N-dealkylation sites (tertiary alicyclic amines) is 1. The van der Waals surface area contributed by atoms with Crippen LogP contribution in [0.3, 0.4) is 0 Å². The van der Waals surface area contributed by atoms with Gasteiger partial charge in [-0.3, -0.25) is 19.2 Å². The number of aliphatic hydroxyl groups excluding tert-OH is 1. The van der Waals surface area contributed by atoms with E-state index in [0.717, 1.165) is 32.2 Å². The molecule has 254 valence electrons. The van der Waals surface area contributed by atoms with E-state index in [1.807, 2.05) is 32.2 Å². The number of anilines is 2. The molecule has 1 spiro atoms. The molecule has 1 aromatic rings. The first-order chi connectivity index (χ1) is 21.9. The van der Waals surface area contributed by atoms with E-state index >= 15 is 0 Å². The van der Waals surface area contributed by atoms with Crippen molar-refractivity contribution in [1.82, 2.24) is 10.2 Å². The second-order valence-corrected chi connectivity index (χ2v) is 17.9. The van der Waals surface area contributed by atoms with Crippen molar-refractivity contribution in [2.75, 3.05) is 50.1 Å². The van der Waals surface area contributed by atoms with E-state index in [0.29, 0.717) is 49.4 Å². The monoisotopic (exact) mass is 658 g/mol. The van der Waals surface area contributed by atoms with Crippen LogP contribution in [-0.4, -0.2) is 98.9 Å². The van der Waals surface area contributed by atoms with Crippen LogP contribution in [0.25, 0.3) is 0 Å². The molecule has 0 bridgehead atoms. The number of benzene rings is 1. The Labute approximate surface area is 272 Å². The van der Waals surface area contributed by atoms with Crippen LogP contribution in [-0.2, 0) is 34.3 Å². The fourth-order valence-electron chi connectivity index (χ4n) is 8.18. The van der Waals surface area contributed by atoms with Gasteiger partial charge < -0.3 is 39.8 Å². The predicted molar refractivity (Wildman–Crippen MR) is 174 cm³/mol. The molecule has 4 aliphatic rings. The van der Waals surface area contributed by atoms with Crippen LogP contribution < -0.4 is 15.5 Å². The van der Waals surface area contributed by atoms with Crippen LogP contribution in [0.5, 0.6) is 0 Å². The van der Waals surface area contributed by atoms with Gasteiger partial charge in [0.2, 0.25) is 11.8 Å². The molecule has 0 aromatic heterocycles. The first kappa shape index (κ1) is 34.5. The highest BCUT2D eigenvalue weighted by Crippen LogP contribution is 2.60. The van der Waals surface area contributed by atoms with Crippen molar-refractivity contribution in [3.05, 3.63) is 23.8 Å². The highest BCUT2D eigenvalue weighted by molar-refractivity contribution is 6.71. The largest absolute Gasteiger partial charge is 0.469 e. The molecular formula is C33H50N4O8Si. The minimum Gasteiger partial charge on any atom is -0.469 e. The Kier molecular flexibility index (Phi) is 10.6. The molecule has 5 rings (SSSR count). The lowest BCUT2D eigenvalue weighted by Crippen LogP contribution is -2.46. The first-order valence-corrected chi connectivity index (χ1v) is 19.8. The van der Waals surface area contributed by atoms with Crippen LogP contribution in [0.15, 0.2) is 18.2 Å². The van der Waals surface area contributed by atoms with E-state index in [2.05, 4.69) is 10.6 Å². The summed E-state index contributed by atoms with van der Waals surface area (Å²) in [6.07, 6.45) is 3.90. The van der Waals surface area contributed by atoms with E-state index in [-0.39, 0.29) is 55.1 Å². The number of aliphatic hydroxyl groups is 1. The second kappa shape index (κ2) is 14.1. The van der Waals surface area contributed by atoms with Crippen LogP contribution in [0, 0.1) is 11.8 Å². The lowest BCUT2D eigenvalue weighted by atomic mass is 9.82. The van der Waals surface area contributed by atoms with Gasteiger partial charge in [-0.15, -0.1) is 0 Å². The highest BCUT2D eigenvalue weighted by atomic mass is 28.4. The molecule has 4 aliphatic heterocycles. The summed E-state index contributed by atoms with van der Waals surface area (Å²) in [4.78, 5) is 68.1. The Bertz CT molecular complexity index is 1310. The SMILES string of the molecule is COC(=O)CCCCN1C(=O)[C@]2(O[C@H](CC(=O)N3CCC[C@H]3CO)[C@@H]([Si](C)(C)O)[C@@H]2C)c2cc(NC(=O)C3CCCNC3)ccc21. The molecule has 0 radical (unpaired) electrons. The van der Waals surface area contributed by atoms with Gasteiger partial charge in [0.25, 0.3) is 5.91 Å². The average Bonchev–Trinajstić information content (AvgIpc) is 3.69. The summed E-state index contributed by atoms with van der Waals surface area (Å²) in [6.45, 7) is 7.87. The van der Waals surface area contributed by atoms with Gasteiger partial charge in [0, 0.05) is 48.8 Å². The van der Waals surface area contributed by atoms with Gasteiger partial charge in [0.1, 0.15) is 0 Å². The normalized spacial score (nSPS) is 29.3. The first-order valence-electron chi connectivity index (χ1n) is 16.8. The van der Waals surface area contributed by atoms with E-state index < -0.39 is 31.5 Å². The molecule has 0 saturated carbocycles. The fourth-order valence-corrected chi connectivity index (χ4v) is 10.7. The maximum atomic E-state index is 14.6. The van der Waals surface area contributed by atoms with Crippen molar-refractivity contribution in [2.45, 2.75) is 94.7 Å². The van der Waals surface area contributed by atoms with Crippen molar-refractivity contribution >= 4 is 43.4 Å². The minimum absolute atomic E-state index is 0.00288. The number of amides is 3. The van der Waals surface area contributed by atoms with Crippen LogP contribution in [0.4, 0.5) is 11.4 Å². The Balaban J connectivity index is 1.48. The highest BCUT2D eigenvalue weighted by Gasteiger charge is 2.66. The summed E-state index contributed by atoms with van der Waals surface area (Å²) in [5.74, 6) is -1.43. The second-order valence-electron chi connectivity index (χ2n) is 13.9. The number of ether oxygens (including phenoxy) is 2. The number of hydrogen-bond acceptors (Lipinski definition) is 9. The molecule has 6 atom stereocenters. The fraction of sp³-hybridized carbons (Fsp3) is 0.697. The van der Waals surface area contributed by atoms with E-state index in [4.69, 9.17) is 9.47 Å². The molecule has 46 heavy (non-hydrogen) atoms. The Morgan fingerprint density at radius 1 is 1.20 bits per heavy atom. The summed E-state index contributed by atoms with van der Waals surface area (Å²) >= 11 is 0. The quantitative estimate of drug-likeness (QED) is 0.159. The Morgan fingerprint density at radius 2 is 1.98 bits per heavy atom. The minimum atomic E-state index is -3.00. The number of carbonyl (C=O) groups excluding carboxylic acids is 4. The van der Waals surface area contributed by atoms with Crippen LogP contribution >= 0.6 is 0 Å². The molecule has 3 fully saturated rings. The molecule has 1 aromatic carbocycles. The maximum absolute atomic E-state index is 14.6. The van der Waals surface area contributed by atoms with Crippen LogP contribution in [0.1, 0.15) is 63.9 Å². The number of nitrogens with one attached hydrogen (secondary N) is 2. The zero-order chi connectivity index (χ0) is 33.2. The number of unbranched alkanes of at least 4 members (excludes halogenated alkanes) is 1. The molecular weight excluding hydrogens is 608 g/mol. The summed E-state index contributed by atoms with van der Waals surface area (Å²) < 4.78 is 11.6. The Hall–Kier alpha value is -2.84. The van der Waals surface area contributed by atoms with Crippen molar-refractivity contribution in [2.24, 2.45) is 11.8 Å². The number of hydrogen-bond donors (Lipinski definition) is 4. The van der Waals surface area contributed by atoms with Crippen molar-refractivity contribution in [3.8, 4) is 0 Å². The molecule has 1 unspecified atom stereocenters. The van der Waals surface area contributed by atoms with Gasteiger partial charge >= 0.3 is 5.97 Å². The molecule has 4 heterocycles. The maximum Gasteiger partial charge on any atom is 0.305 e. The topological polar surface area (TPSA) is 158 Å². The third-order valence-electron chi connectivity index (χ3n) is 10.4. The van der Waals surface area contributed by atoms with Gasteiger partial charge in [-0.1, -0.05) is 6.92 Å². The number of rotatable bonds is 11. The molecule has 3 amide bonds. The standard InChI is InChI=1S/C33H50N4O8Si/c1-21-30(46(3,4)43)27(18-28(39)36-16-8-10-24(36)20-38)45-33(21)25-17-23(35-31(41)22-9-7-14-34-19-22)12-13-26(25)37(32(33)42)15-6-5-11-29(40)44-2/h12-13,17,21-22,24,27,30,34,38,43H,5-11,14-16,18-20H2,1-4H3,(H,35,41)/t21-,22?,24-,27+,30-,33+/m0/s1. The summed E-state index contributed by atoms with van der Waals surface area (Å²) in [7, 11) is -1.65. The number of methoxy groups -OCH3 is 1. The smallest absolute Gasteiger partial charge is 0.305 e. The van der Waals surface area contributed by atoms with Gasteiger partial charge in [0.05, 0.1) is 43.9 Å². The molecule has 3 saturated heterocycles. The van der Waals surface area contributed by atoms with E-state index in [9.17, 15) is 29.1 Å². The van der Waals surface area contributed by atoms with Crippen molar-refractivity contribution < 1.29 is 38.6 Å². The number of carbonyl (C=O) groups is 4. The summed E-state index contributed by atoms with van der Waals surface area (Å²) in [6, 6.07) is 5.21. The van der Waals surface area contributed by atoms with Gasteiger partial charge in [-0.05, 0) is 76.4 Å². The van der Waals surface area contributed by atoms with E-state index in [1.54, 1.807) is 15.9 Å². The van der Waals surface area contributed by atoms with Gasteiger partial charge in [-0.25, -0.2) is 0 Å².